The number of aryl methyl sites for hydroxylation is 1. The maximum Gasteiger partial charge on any atom is 0.105 e. The van der Waals surface area contributed by atoms with Crippen LogP contribution in [-0.2, 0) is 0 Å². The van der Waals surface area contributed by atoms with E-state index in [2.05, 4.69) is 61.4 Å². The molecule has 3 nitrogen and oxygen atoms in total. The van der Waals surface area contributed by atoms with E-state index in [9.17, 15) is 5.26 Å². The molecule has 3 heteroatoms. The van der Waals surface area contributed by atoms with Gasteiger partial charge in [0, 0.05) is 19.3 Å². The van der Waals surface area contributed by atoms with Gasteiger partial charge in [-0.05, 0) is 44.9 Å². The van der Waals surface area contributed by atoms with Gasteiger partial charge in [0.1, 0.15) is 5.54 Å². The zero-order chi connectivity index (χ0) is 14.3. The predicted molar refractivity (Wildman–Crippen MR) is 81.4 cm³/mol. The first kappa shape index (κ1) is 15.5. The van der Waals surface area contributed by atoms with Gasteiger partial charge in [-0.1, -0.05) is 25.1 Å². The molecule has 1 aromatic rings. The average Bonchev–Trinajstić information content (AvgIpc) is 2.43. The van der Waals surface area contributed by atoms with Crippen LogP contribution in [0.3, 0.4) is 0 Å². The van der Waals surface area contributed by atoms with Crippen LogP contribution in [0.2, 0.25) is 0 Å². The molecular weight excluding hydrogens is 234 g/mol. The Labute approximate surface area is 117 Å². The van der Waals surface area contributed by atoms with Crippen molar-refractivity contribution < 1.29 is 0 Å². The molecule has 1 unspecified atom stereocenters. The molecule has 0 spiro atoms. The normalized spacial score (nSPS) is 13.6. The third-order valence-corrected chi connectivity index (χ3v) is 3.49. The number of anilines is 1. The van der Waals surface area contributed by atoms with Gasteiger partial charge in [-0.2, -0.15) is 5.26 Å². The molecule has 0 saturated carbocycles. The van der Waals surface area contributed by atoms with E-state index < -0.39 is 5.54 Å². The number of hydrogen-bond donors (Lipinski definition) is 1. The minimum atomic E-state index is -0.438. The Hall–Kier alpha value is -1.53. The number of rotatable bonds is 7. The van der Waals surface area contributed by atoms with Crippen molar-refractivity contribution in [1.82, 2.24) is 5.32 Å². The van der Waals surface area contributed by atoms with Crippen molar-refractivity contribution in [2.75, 3.05) is 25.0 Å². The molecule has 0 radical (unpaired) electrons. The summed E-state index contributed by atoms with van der Waals surface area (Å²) in [6.07, 6.45) is 1.86. The zero-order valence-corrected chi connectivity index (χ0v) is 12.5. The lowest BCUT2D eigenvalue weighted by atomic mass is 9.99. The smallest absolute Gasteiger partial charge is 0.105 e. The molecule has 0 aliphatic rings. The summed E-state index contributed by atoms with van der Waals surface area (Å²) in [4.78, 5) is 2.22. The van der Waals surface area contributed by atoms with Crippen molar-refractivity contribution >= 4 is 5.69 Å². The molecule has 104 valence electrons. The zero-order valence-electron chi connectivity index (χ0n) is 12.5. The van der Waals surface area contributed by atoms with Gasteiger partial charge < -0.3 is 4.90 Å². The Morgan fingerprint density at radius 3 is 2.63 bits per heavy atom. The first-order chi connectivity index (χ1) is 9.02. The lowest BCUT2D eigenvalue weighted by Gasteiger charge is -2.28. The molecule has 0 saturated heterocycles. The number of nitrogens with one attached hydrogen (secondary N) is 1. The molecule has 0 fully saturated rings. The average molecular weight is 259 g/mol. The molecule has 0 bridgehead atoms. The van der Waals surface area contributed by atoms with Crippen LogP contribution in [0.4, 0.5) is 5.69 Å². The standard InChI is InChI=1S/C16H25N3/c1-5-11-18-16(3,13-17)10-12-19(4)15-9-7-6-8-14(15)2/h6-9,18H,5,10-12H2,1-4H3. The van der Waals surface area contributed by atoms with E-state index in [1.807, 2.05) is 6.92 Å². The maximum atomic E-state index is 9.32. The summed E-state index contributed by atoms with van der Waals surface area (Å²) in [5.74, 6) is 0. The van der Waals surface area contributed by atoms with Crippen LogP contribution in [0, 0.1) is 18.3 Å². The minimum Gasteiger partial charge on any atom is -0.374 e. The van der Waals surface area contributed by atoms with Crippen molar-refractivity contribution in [3.05, 3.63) is 29.8 Å². The lowest BCUT2D eigenvalue weighted by Crippen LogP contribution is -2.43. The first-order valence-electron chi connectivity index (χ1n) is 6.95. The first-order valence-corrected chi connectivity index (χ1v) is 6.95. The van der Waals surface area contributed by atoms with Gasteiger partial charge in [0.25, 0.3) is 0 Å². The Balaban J connectivity index is 2.61. The van der Waals surface area contributed by atoms with Gasteiger partial charge in [-0.15, -0.1) is 0 Å². The van der Waals surface area contributed by atoms with Crippen molar-refractivity contribution in [3.8, 4) is 6.07 Å². The molecular formula is C16H25N3. The SMILES string of the molecule is CCCNC(C)(C#N)CCN(C)c1ccccc1C. The molecule has 1 N–H and O–H groups in total. The maximum absolute atomic E-state index is 9.32. The summed E-state index contributed by atoms with van der Waals surface area (Å²) in [5.41, 5.74) is 2.07. The topological polar surface area (TPSA) is 39.1 Å². The van der Waals surface area contributed by atoms with Gasteiger partial charge >= 0.3 is 0 Å². The molecule has 1 rings (SSSR count). The summed E-state index contributed by atoms with van der Waals surface area (Å²) in [5, 5.41) is 12.6. The summed E-state index contributed by atoms with van der Waals surface area (Å²) in [6.45, 7) is 7.97. The Morgan fingerprint density at radius 1 is 1.37 bits per heavy atom. The molecule has 1 atom stereocenters. The number of para-hydroxylation sites is 1. The highest BCUT2D eigenvalue weighted by Crippen LogP contribution is 2.19. The quantitative estimate of drug-likeness (QED) is 0.818. The monoisotopic (exact) mass is 259 g/mol. The van der Waals surface area contributed by atoms with E-state index in [0.717, 1.165) is 25.9 Å². The molecule has 0 aliphatic carbocycles. The van der Waals surface area contributed by atoms with Crippen molar-refractivity contribution in [3.63, 3.8) is 0 Å². The third-order valence-electron chi connectivity index (χ3n) is 3.49. The van der Waals surface area contributed by atoms with Gasteiger partial charge in [-0.25, -0.2) is 0 Å². The molecule has 0 amide bonds. The van der Waals surface area contributed by atoms with E-state index in [0.29, 0.717) is 0 Å². The molecule has 1 aromatic carbocycles. The highest BCUT2D eigenvalue weighted by molar-refractivity contribution is 5.52. The molecule has 0 aromatic heterocycles. The summed E-state index contributed by atoms with van der Waals surface area (Å²) < 4.78 is 0. The largest absolute Gasteiger partial charge is 0.374 e. The molecule has 19 heavy (non-hydrogen) atoms. The van der Waals surface area contributed by atoms with E-state index in [1.54, 1.807) is 0 Å². The van der Waals surface area contributed by atoms with Crippen LogP contribution in [0.1, 0.15) is 32.3 Å². The highest BCUT2D eigenvalue weighted by atomic mass is 15.1. The van der Waals surface area contributed by atoms with Gasteiger partial charge in [0.15, 0.2) is 0 Å². The van der Waals surface area contributed by atoms with E-state index in [1.165, 1.54) is 11.3 Å². The van der Waals surface area contributed by atoms with Gasteiger partial charge in [0.2, 0.25) is 0 Å². The van der Waals surface area contributed by atoms with Crippen molar-refractivity contribution in [1.29, 1.82) is 5.26 Å². The van der Waals surface area contributed by atoms with Crippen LogP contribution in [-0.4, -0.2) is 25.7 Å². The van der Waals surface area contributed by atoms with Crippen molar-refractivity contribution in [2.24, 2.45) is 0 Å². The summed E-state index contributed by atoms with van der Waals surface area (Å²) in [7, 11) is 2.08. The second kappa shape index (κ2) is 7.16. The second-order valence-corrected chi connectivity index (χ2v) is 5.33. The van der Waals surface area contributed by atoms with E-state index in [-0.39, 0.29) is 0 Å². The highest BCUT2D eigenvalue weighted by Gasteiger charge is 2.23. The molecule has 0 heterocycles. The number of nitrogens with zero attached hydrogens (tertiary/aromatic N) is 2. The second-order valence-electron chi connectivity index (χ2n) is 5.33. The Kier molecular flexibility index (Phi) is 5.85. The fraction of sp³-hybridized carbons (Fsp3) is 0.562. The van der Waals surface area contributed by atoms with Crippen molar-refractivity contribution in [2.45, 2.75) is 39.2 Å². The summed E-state index contributed by atoms with van der Waals surface area (Å²) in [6, 6.07) is 10.7. The molecule has 0 aliphatic heterocycles. The van der Waals surface area contributed by atoms with Crippen LogP contribution in [0.25, 0.3) is 0 Å². The van der Waals surface area contributed by atoms with Gasteiger partial charge in [-0.3, -0.25) is 5.32 Å². The number of nitriles is 1. The fourth-order valence-electron chi connectivity index (χ4n) is 2.09. The number of benzene rings is 1. The van der Waals surface area contributed by atoms with E-state index >= 15 is 0 Å². The van der Waals surface area contributed by atoms with Crippen LogP contribution in [0.15, 0.2) is 24.3 Å². The van der Waals surface area contributed by atoms with Crippen LogP contribution in [0.5, 0.6) is 0 Å². The fourth-order valence-corrected chi connectivity index (χ4v) is 2.09. The Morgan fingerprint density at radius 2 is 2.05 bits per heavy atom. The van der Waals surface area contributed by atoms with Crippen LogP contribution >= 0.6 is 0 Å². The van der Waals surface area contributed by atoms with Gasteiger partial charge in [0.05, 0.1) is 6.07 Å². The minimum absolute atomic E-state index is 0.438. The third kappa shape index (κ3) is 4.57. The predicted octanol–water partition coefficient (Wildman–Crippen LogP) is 3.10. The number of hydrogen-bond acceptors (Lipinski definition) is 3. The Bertz CT molecular complexity index is 436. The van der Waals surface area contributed by atoms with E-state index in [4.69, 9.17) is 0 Å². The summed E-state index contributed by atoms with van der Waals surface area (Å²) >= 11 is 0. The van der Waals surface area contributed by atoms with Crippen LogP contribution < -0.4 is 10.2 Å². The lowest BCUT2D eigenvalue weighted by molar-refractivity contribution is 0.421.